The van der Waals surface area contributed by atoms with Crippen LogP contribution in [-0.4, -0.2) is 19.5 Å². The monoisotopic (exact) mass is 229 g/mol. The maximum absolute atomic E-state index is 5.79. The normalized spacial score (nSPS) is 11.6. The van der Waals surface area contributed by atoms with E-state index in [0.717, 1.165) is 6.54 Å². The van der Waals surface area contributed by atoms with Crippen molar-refractivity contribution in [3.05, 3.63) is 12.2 Å². The van der Waals surface area contributed by atoms with Gasteiger partial charge in [-0.05, 0) is 11.3 Å². The van der Waals surface area contributed by atoms with E-state index in [1.54, 1.807) is 6.33 Å². The van der Waals surface area contributed by atoms with Crippen LogP contribution in [0.1, 0.15) is 26.6 Å². The lowest BCUT2D eigenvalue weighted by molar-refractivity contribution is 0.347. The van der Waals surface area contributed by atoms with Crippen LogP contribution in [0.5, 0.6) is 0 Å². The van der Waals surface area contributed by atoms with Gasteiger partial charge in [-0.3, -0.25) is 0 Å². The molecular weight excluding hydrogens is 214 g/mol. The number of hydrogen-bond donors (Lipinski definition) is 1. The van der Waals surface area contributed by atoms with Crippen molar-refractivity contribution in [2.24, 2.45) is 5.41 Å². The first-order chi connectivity index (χ1) is 7.90. The average molecular weight is 229 g/mol. The summed E-state index contributed by atoms with van der Waals surface area (Å²) in [6.07, 6.45) is 7.02. The highest BCUT2D eigenvalue weighted by Crippen LogP contribution is 2.21. The number of imidazole rings is 1. The quantitative estimate of drug-likeness (QED) is 0.751. The molecule has 0 unspecified atom stereocenters. The molecule has 0 spiro atoms. The van der Waals surface area contributed by atoms with Gasteiger partial charge in [-0.15, -0.1) is 6.42 Å². The van der Waals surface area contributed by atoms with Crippen LogP contribution in [0.4, 0.5) is 5.82 Å². The topological polar surface area (TPSA) is 69.6 Å². The number of hydrogen-bond acceptors (Lipinski definition) is 4. The molecule has 0 atom stereocenters. The fraction of sp³-hybridized carbons (Fsp3) is 0.417. The van der Waals surface area contributed by atoms with Gasteiger partial charge in [-0.2, -0.15) is 0 Å². The first-order valence-corrected chi connectivity index (χ1v) is 5.36. The molecule has 2 aromatic rings. The highest BCUT2D eigenvalue weighted by atomic mass is 15.1. The molecule has 0 saturated carbocycles. The highest BCUT2D eigenvalue weighted by Gasteiger charge is 2.16. The number of anilines is 1. The molecule has 0 amide bonds. The molecule has 5 heteroatoms. The van der Waals surface area contributed by atoms with Crippen molar-refractivity contribution >= 4 is 17.0 Å². The number of nitrogens with two attached hydrogens (primary N) is 1. The second-order valence-electron chi connectivity index (χ2n) is 5.18. The summed E-state index contributed by atoms with van der Waals surface area (Å²) >= 11 is 0. The molecule has 0 aromatic carbocycles. The van der Waals surface area contributed by atoms with E-state index in [0.29, 0.717) is 22.8 Å². The van der Waals surface area contributed by atoms with Crippen LogP contribution in [0.3, 0.4) is 0 Å². The van der Waals surface area contributed by atoms with Crippen molar-refractivity contribution in [2.45, 2.75) is 27.3 Å². The lowest BCUT2D eigenvalue weighted by atomic mass is 9.97. The Labute approximate surface area is 100 Å². The van der Waals surface area contributed by atoms with Crippen molar-refractivity contribution in [2.75, 3.05) is 5.73 Å². The zero-order valence-corrected chi connectivity index (χ0v) is 10.2. The second kappa shape index (κ2) is 3.74. The van der Waals surface area contributed by atoms with E-state index >= 15 is 0 Å². The maximum Gasteiger partial charge on any atom is 0.208 e. The Morgan fingerprint density at radius 1 is 1.41 bits per heavy atom. The number of fused-ring (bicyclic) bond motifs is 1. The van der Waals surface area contributed by atoms with Crippen molar-refractivity contribution in [1.29, 1.82) is 0 Å². The summed E-state index contributed by atoms with van der Waals surface area (Å²) in [5.74, 6) is 3.02. The Morgan fingerprint density at radius 3 is 2.71 bits per heavy atom. The number of nitrogen functional groups attached to an aromatic ring is 1. The van der Waals surface area contributed by atoms with Crippen LogP contribution < -0.4 is 5.73 Å². The van der Waals surface area contributed by atoms with Crippen molar-refractivity contribution in [1.82, 2.24) is 19.5 Å². The molecule has 2 aromatic heterocycles. The van der Waals surface area contributed by atoms with Gasteiger partial charge in [0.1, 0.15) is 5.52 Å². The van der Waals surface area contributed by atoms with Gasteiger partial charge in [-0.25, -0.2) is 15.0 Å². The summed E-state index contributed by atoms with van der Waals surface area (Å²) in [5, 5.41) is 0. The average Bonchev–Trinajstić information content (AvgIpc) is 2.59. The molecule has 17 heavy (non-hydrogen) atoms. The van der Waals surface area contributed by atoms with Crippen LogP contribution in [-0.2, 0) is 6.54 Å². The van der Waals surface area contributed by atoms with Gasteiger partial charge < -0.3 is 10.3 Å². The summed E-state index contributed by atoms with van der Waals surface area (Å²) in [6.45, 7) is 7.23. The largest absolute Gasteiger partial charge is 0.382 e. The summed E-state index contributed by atoms with van der Waals surface area (Å²) in [5.41, 5.74) is 7.22. The summed E-state index contributed by atoms with van der Waals surface area (Å²) in [6, 6.07) is 0. The third kappa shape index (κ3) is 2.21. The Hall–Kier alpha value is -2.09. The van der Waals surface area contributed by atoms with E-state index in [-0.39, 0.29) is 5.41 Å². The highest BCUT2D eigenvalue weighted by molar-refractivity contribution is 5.81. The second-order valence-corrected chi connectivity index (χ2v) is 5.18. The minimum Gasteiger partial charge on any atom is -0.382 e. The number of terminal acetylenes is 1. The van der Waals surface area contributed by atoms with E-state index in [4.69, 9.17) is 12.2 Å². The molecule has 88 valence electrons. The van der Waals surface area contributed by atoms with Gasteiger partial charge in [0.15, 0.2) is 11.5 Å². The number of rotatable bonds is 1. The van der Waals surface area contributed by atoms with Gasteiger partial charge in [0.05, 0.1) is 6.33 Å². The first kappa shape index (κ1) is 11.4. The molecule has 0 aliphatic rings. The van der Waals surface area contributed by atoms with Gasteiger partial charge in [0.25, 0.3) is 0 Å². The molecule has 0 aliphatic carbocycles. The summed E-state index contributed by atoms with van der Waals surface area (Å²) in [4.78, 5) is 12.5. The third-order valence-corrected chi connectivity index (χ3v) is 2.26. The molecule has 2 heterocycles. The van der Waals surface area contributed by atoms with Crippen LogP contribution >= 0.6 is 0 Å². The van der Waals surface area contributed by atoms with E-state index in [9.17, 15) is 0 Å². The first-order valence-electron chi connectivity index (χ1n) is 5.36. The van der Waals surface area contributed by atoms with Crippen molar-refractivity contribution in [3.8, 4) is 12.3 Å². The Morgan fingerprint density at radius 2 is 2.12 bits per heavy atom. The molecular formula is C12H15N5. The summed E-state index contributed by atoms with van der Waals surface area (Å²) in [7, 11) is 0. The minimum atomic E-state index is 0.129. The Bertz CT molecular complexity index is 598. The van der Waals surface area contributed by atoms with Crippen molar-refractivity contribution < 1.29 is 0 Å². The lowest BCUT2D eigenvalue weighted by Crippen LogP contribution is -2.15. The van der Waals surface area contributed by atoms with E-state index in [1.165, 1.54) is 0 Å². The molecule has 2 N–H and O–H groups in total. The van der Waals surface area contributed by atoms with E-state index in [2.05, 4.69) is 41.6 Å². The zero-order valence-electron chi connectivity index (χ0n) is 10.2. The molecule has 0 fully saturated rings. The standard InChI is InChI=1S/C12H15N5/c1-5-8-15-10(13)9-11(16-8)17(7-14-9)6-12(2,3)4/h1,7H,6H2,2-4H3,(H2,13,15,16). The van der Waals surface area contributed by atoms with Crippen LogP contribution in [0.25, 0.3) is 11.2 Å². The van der Waals surface area contributed by atoms with Gasteiger partial charge in [0.2, 0.25) is 5.82 Å². The number of nitrogens with zero attached hydrogens (tertiary/aromatic N) is 4. The molecule has 2 rings (SSSR count). The van der Waals surface area contributed by atoms with Gasteiger partial charge >= 0.3 is 0 Å². The van der Waals surface area contributed by atoms with Crippen LogP contribution in [0.2, 0.25) is 0 Å². The maximum atomic E-state index is 5.79. The fourth-order valence-corrected chi connectivity index (χ4v) is 1.66. The Kier molecular flexibility index (Phi) is 2.50. The SMILES string of the molecule is C#Cc1nc(N)c2ncn(CC(C)(C)C)c2n1. The molecule has 5 nitrogen and oxygen atoms in total. The third-order valence-electron chi connectivity index (χ3n) is 2.26. The minimum absolute atomic E-state index is 0.129. The molecule has 0 bridgehead atoms. The predicted octanol–water partition coefficient (Wildman–Crippen LogP) is 1.44. The van der Waals surface area contributed by atoms with E-state index < -0.39 is 0 Å². The van der Waals surface area contributed by atoms with Gasteiger partial charge in [0, 0.05) is 6.54 Å². The lowest BCUT2D eigenvalue weighted by Gasteiger charge is -2.18. The van der Waals surface area contributed by atoms with Crippen molar-refractivity contribution in [3.63, 3.8) is 0 Å². The van der Waals surface area contributed by atoms with Crippen LogP contribution in [0, 0.1) is 17.8 Å². The summed E-state index contributed by atoms with van der Waals surface area (Å²) < 4.78 is 1.95. The predicted molar refractivity (Wildman–Crippen MR) is 67.1 cm³/mol. The van der Waals surface area contributed by atoms with E-state index in [1.807, 2.05) is 4.57 Å². The van der Waals surface area contributed by atoms with Gasteiger partial charge in [-0.1, -0.05) is 20.8 Å². The fourth-order valence-electron chi connectivity index (χ4n) is 1.66. The zero-order chi connectivity index (χ0) is 12.6. The molecule has 0 radical (unpaired) electrons. The molecule has 0 aliphatic heterocycles. The smallest absolute Gasteiger partial charge is 0.208 e. The Balaban J connectivity index is 2.60. The van der Waals surface area contributed by atoms with Crippen LogP contribution in [0.15, 0.2) is 6.33 Å². The number of aromatic nitrogens is 4. The molecule has 0 saturated heterocycles.